The van der Waals surface area contributed by atoms with Crippen molar-refractivity contribution in [1.29, 1.82) is 0 Å². The first-order valence-corrected chi connectivity index (χ1v) is 7.63. The molecule has 2 aromatic carbocycles. The lowest BCUT2D eigenvalue weighted by molar-refractivity contribution is 0.451. The minimum absolute atomic E-state index is 0.412. The summed E-state index contributed by atoms with van der Waals surface area (Å²) in [7, 11) is 0. The van der Waals surface area contributed by atoms with Crippen molar-refractivity contribution in [2.24, 2.45) is 5.92 Å². The second-order valence-corrected chi connectivity index (χ2v) is 6.41. The molecule has 2 nitrogen and oxygen atoms in total. The van der Waals surface area contributed by atoms with E-state index in [1.807, 2.05) is 18.2 Å². The van der Waals surface area contributed by atoms with Crippen LogP contribution in [0.5, 0.6) is 11.5 Å². The summed E-state index contributed by atoms with van der Waals surface area (Å²) < 4.78 is 0. The van der Waals surface area contributed by atoms with E-state index >= 15 is 0 Å². The number of hydrogen-bond donors (Lipinski definition) is 2. The van der Waals surface area contributed by atoms with Crippen LogP contribution in [0.15, 0.2) is 18.2 Å². The Bertz CT molecular complexity index is 717. The summed E-state index contributed by atoms with van der Waals surface area (Å²) >= 11 is 0. The molecule has 3 unspecified atom stereocenters. The van der Waals surface area contributed by atoms with Gasteiger partial charge in [-0.1, -0.05) is 26.0 Å². The Kier molecular flexibility index (Phi) is 2.36. The zero-order valence-corrected chi connectivity index (χ0v) is 12.0. The van der Waals surface area contributed by atoms with Gasteiger partial charge in [0, 0.05) is 21.9 Å². The summed E-state index contributed by atoms with van der Waals surface area (Å²) in [6.45, 7) is 4.36. The van der Waals surface area contributed by atoms with E-state index < -0.39 is 0 Å². The summed E-state index contributed by atoms with van der Waals surface area (Å²) in [4.78, 5) is 0. The third kappa shape index (κ3) is 1.29. The van der Waals surface area contributed by atoms with Crippen LogP contribution in [0.1, 0.15) is 55.2 Å². The highest BCUT2D eigenvalue weighted by molar-refractivity contribution is 5.97. The monoisotopic (exact) mass is 268 g/mol. The largest absolute Gasteiger partial charge is 0.507 e. The second kappa shape index (κ2) is 3.91. The fourth-order valence-corrected chi connectivity index (χ4v) is 4.49. The normalized spacial score (nSPS) is 27.2. The molecule has 3 atom stereocenters. The lowest BCUT2D eigenvalue weighted by Crippen LogP contribution is -2.00. The van der Waals surface area contributed by atoms with Gasteiger partial charge < -0.3 is 10.2 Å². The number of fused-ring (bicyclic) bond motifs is 6. The lowest BCUT2D eigenvalue weighted by Gasteiger charge is -2.20. The van der Waals surface area contributed by atoms with Crippen LogP contribution in [0, 0.1) is 5.92 Å². The molecule has 0 saturated heterocycles. The van der Waals surface area contributed by atoms with E-state index in [0.29, 0.717) is 29.3 Å². The molecule has 0 amide bonds. The summed E-state index contributed by atoms with van der Waals surface area (Å²) in [6.07, 6.45) is 3.23. The van der Waals surface area contributed by atoms with E-state index in [4.69, 9.17) is 0 Å². The van der Waals surface area contributed by atoms with Gasteiger partial charge in [0.1, 0.15) is 11.5 Å². The highest BCUT2D eigenvalue weighted by Crippen LogP contribution is 2.63. The average molecular weight is 268 g/mol. The Hall–Kier alpha value is -1.70. The second-order valence-electron chi connectivity index (χ2n) is 6.41. The number of rotatable bonds is 1. The molecule has 104 valence electrons. The third-order valence-corrected chi connectivity index (χ3v) is 5.60. The van der Waals surface area contributed by atoms with Gasteiger partial charge in [-0.3, -0.25) is 0 Å². The van der Waals surface area contributed by atoms with Crippen LogP contribution in [0.2, 0.25) is 0 Å². The van der Waals surface area contributed by atoms with Crippen LogP contribution in [0.3, 0.4) is 0 Å². The Morgan fingerprint density at radius 1 is 1.00 bits per heavy atom. The van der Waals surface area contributed by atoms with Crippen molar-refractivity contribution >= 4 is 10.8 Å². The summed E-state index contributed by atoms with van der Waals surface area (Å²) in [5.41, 5.74) is 3.26. The van der Waals surface area contributed by atoms with Crippen LogP contribution in [-0.2, 0) is 6.42 Å². The molecule has 2 N–H and O–H groups in total. The van der Waals surface area contributed by atoms with Crippen molar-refractivity contribution in [1.82, 2.24) is 0 Å². The molecule has 0 aromatic heterocycles. The van der Waals surface area contributed by atoms with E-state index in [1.165, 1.54) is 5.56 Å². The average Bonchev–Trinajstić information content (AvgIpc) is 2.97. The standard InChI is InChI=1S/C18H20O2/c1-3-10-4-5-13-14(8-10)18(20)16-12-7-6-11(9(12)2)15(16)17(13)19/h4-5,8-9,11-12,19-20H,3,6-7H2,1-2H3. The van der Waals surface area contributed by atoms with Crippen LogP contribution in [-0.4, -0.2) is 10.2 Å². The Labute approximate surface area is 119 Å². The SMILES string of the molecule is CCc1ccc2c(O)c3c(c(O)c2c1)C1CCC3C1C. The molecule has 0 radical (unpaired) electrons. The number of hydrogen-bond acceptors (Lipinski definition) is 2. The molecule has 2 aromatic rings. The first kappa shape index (κ1) is 12.1. The maximum absolute atomic E-state index is 10.7. The van der Waals surface area contributed by atoms with E-state index in [2.05, 4.69) is 13.8 Å². The highest BCUT2D eigenvalue weighted by atomic mass is 16.3. The molecule has 1 fully saturated rings. The topological polar surface area (TPSA) is 40.5 Å². The van der Waals surface area contributed by atoms with Gasteiger partial charge in [0.15, 0.2) is 0 Å². The van der Waals surface area contributed by atoms with Crippen molar-refractivity contribution in [2.45, 2.75) is 44.9 Å². The molecule has 4 rings (SSSR count). The molecule has 1 saturated carbocycles. The smallest absolute Gasteiger partial charge is 0.127 e. The predicted octanol–water partition coefficient (Wildman–Crippen LogP) is 4.42. The maximum Gasteiger partial charge on any atom is 0.127 e. The molecule has 0 spiro atoms. The maximum atomic E-state index is 10.7. The Balaban J connectivity index is 2.09. The van der Waals surface area contributed by atoms with Gasteiger partial charge in [-0.2, -0.15) is 0 Å². The van der Waals surface area contributed by atoms with Crippen LogP contribution < -0.4 is 0 Å². The number of aromatic hydroxyl groups is 2. The van der Waals surface area contributed by atoms with E-state index in [1.54, 1.807) is 0 Å². The summed E-state index contributed by atoms with van der Waals surface area (Å²) in [6, 6.07) is 6.03. The minimum Gasteiger partial charge on any atom is -0.507 e. The third-order valence-electron chi connectivity index (χ3n) is 5.60. The summed E-state index contributed by atoms with van der Waals surface area (Å²) in [5, 5.41) is 23.1. The van der Waals surface area contributed by atoms with Crippen LogP contribution in [0.25, 0.3) is 10.8 Å². The highest BCUT2D eigenvalue weighted by Gasteiger charge is 2.47. The van der Waals surface area contributed by atoms with Crippen LogP contribution >= 0.6 is 0 Å². The number of phenolic OH excluding ortho intramolecular Hbond substituents is 2. The van der Waals surface area contributed by atoms with Gasteiger partial charge in [0.05, 0.1) is 0 Å². The molecule has 0 heterocycles. The van der Waals surface area contributed by atoms with Gasteiger partial charge in [0.2, 0.25) is 0 Å². The quantitative estimate of drug-likeness (QED) is 0.751. The van der Waals surface area contributed by atoms with Crippen LogP contribution in [0.4, 0.5) is 0 Å². The van der Waals surface area contributed by atoms with E-state index in [9.17, 15) is 10.2 Å². The Morgan fingerprint density at radius 2 is 1.60 bits per heavy atom. The molecule has 20 heavy (non-hydrogen) atoms. The van der Waals surface area contributed by atoms with E-state index in [-0.39, 0.29) is 0 Å². The number of aryl methyl sites for hydroxylation is 1. The summed E-state index contributed by atoms with van der Waals surface area (Å²) in [5.74, 6) is 2.23. The zero-order valence-electron chi connectivity index (χ0n) is 12.0. The number of phenols is 2. The first-order chi connectivity index (χ1) is 9.63. The predicted molar refractivity (Wildman–Crippen MR) is 80.5 cm³/mol. The molecule has 2 aliphatic rings. The van der Waals surface area contributed by atoms with Gasteiger partial charge in [-0.15, -0.1) is 0 Å². The number of benzene rings is 2. The van der Waals surface area contributed by atoms with E-state index in [0.717, 1.165) is 41.2 Å². The van der Waals surface area contributed by atoms with Gasteiger partial charge in [-0.25, -0.2) is 0 Å². The van der Waals surface area contributed by atoms with Crippen molar-refractivity contribution in [3.8, 4) is 11.5 Å². The molecule has 2 heteroatoms. The lowest BCUT2D eigenvalue weighted by atomic mass is 9.87. The van der Waals surface area contributed by atoms with Crippen molar-refractivity contribution < 1.29 is 10.2 Å². The van der Waals surface area contributed by atoms with Gasteiger partial charge >= 0.3 is 0 Å². The fraction of sp³-hybridized carbons (Fsp3) is 0.444. The minimum atomic E-state index is 0.412. The molecular formula is C18H20O2. The fourth-order valence-electron chi connectivity index (χ4n) is 4.49. The molecule has 2 aliphatic carbocycles. The van der Waals surface area contributed by atoms with Crippen molar-refractivity contribution in [3.63, 3.8) is 0 Å². The van der Waals surface area contributed by atoms with Crippen molar-refractivity contribution in [2.75, 3.05) is 0 Å². The Morgan fingerprint density at radius 3 is 2.20 bits per heavy atom. The van der Waals surface area contributed by atoms with Gasteiger partial charge in [-0.05, 0) is 48.6 Å². The molecule has 2 bridgehead atoms. The molecular weight excluding hydrogens is 248 g/mol. The van der Waals surface area contributed by atoms with Crippen molar-refractivity contribution in [3.05, 3.63) is 34.9 Å². The zero-order chi connectivity index (χ0) is 14.0. The molecule has 0 aliphatic heterocycles. The first-order valence-electron chi connectivity index (χ1n) is 7.63. The van der Waals surface area contributed by atoms with Gasteiger partial charge in [0.25, 0.3) is 0 Å².